The summed E-state index contributed by atoms with van der Waals surface area (Å²) in [6.07, 6.45) is 0.972. The number of carbonyl (C=O) groups is 1. The molecule has 6 heteroatoms. The van der Waals surface area contributed by atoms with Gasteiger partial charge in [-0.3, -0.25) is 4.79 Å². The van der Waals surface area contributed by atoms with Gasteiger partial charge in [-0.05, 0) is 18.6 Å². The lowest BCUT2D eigenvalue weighted by molar-refractivity contribution is 0.0764. The first kappa shape index (κ1) is 15.8. The zero-order valence-electron chi connectivity index (χ0n) is 11.6. The van der Waals surface area contributed by atoms with Crippen molar-refractivity contribution in [2.75, 3.05) is 24.6 Å². The highest BCUT2D eigenvalue weighted by Crippen LogP contribution is 2.32. The van der Waals surface area contributed by atoms with Crippen molar-refractivity contribution in [2.24, 2.45) is 0 Å². The van der Waals surface area contributed by atoms with Crippen molar-refractivity contribution in [3.63, 3.8) is 0 Å². The van der Waals surface area contributed by atoms with Crippen LogP contribution in [0.2, 0.25) is 10.0 Å². The highest BCUT2D eigenvalue weighted by molar-refractivity contribution is 8.00. The van der Waals surface area contributed by atoms with Crippen molar-refractivity contribution in [3.8, 4) is 0 Å². The summed E-state index contributed by atoms with van der Waals surface area (Å²) in [7, 11) is 0. The van der Waals surface area contributed by atoms with Crippen molar-refractivity contribution in [3.05, 3.63) is 27.7 Å². The van der Waals surface area contributed by atoms with Gasteiger partial charge in [0, 0.05) is 29.2 Å². The van der Waals surface area contributed by atoms with Gasteiger partial charge < -0.3 is 10.6 Å². The number of rotatable bonds is 1. The van der Waals surface area contributed by atoms with Crippen LogP contribution in [0.4, 0.5) is 5.69 Å². The topological polar surface area (TPSA) is 46.3 Å². The summed E-state index contributed by atoms with van der Waals surface area (Å²) < 4.78 is 0.214. The minimum atomic E-state index is -0.0351. The van der Waals surface area contributed by atoms with Crippen LogP contribution in [0, 0.1) is 0 Å². The number of nitrogen functional groups attached to an aromatic ring is 1. The van der Waals surface area contributed by atoms with Gasteiger partial charge in [-0.15, -0.1) is 0 Å². The quantitative estimate of drug-likeness (QED) is 0.792. The summed E-state index contributed by atoms with van der Waals surface area (Å²) >= 11 is 13.9. The molecule has 0 radical (unpaired) electrons. The van der Waals surface area contributed by atoms with Gasteiger partial charge in [0.2, 0.25) is 0 Å². The van der Waals surface area contributed by atoms with Crippen molar-refractivity contribution in [2.45, 2.75) is 25.0 Å². The predicted octanol–water partition coefficient (Wildman–Crippen LogP) is 3.93. The minimum Gasteiger partial charge on any atom is -0.396 e. The van der Waals surface area contributed by atoms with Crippen LogP contribution in [-0.4, -0.2) is 34.4 Å². The molecule has 1 saturated heterocycles. The molecule has 20 heavy (non-hydrogen) atoms. The first-order chi connectivity index (χ1) is 9.30. The number of nitrogens with two attached hydrogens (primary N) is 1. The SMILES string of the molecule is CC1(C)CCN(C(=O)c2cc(Cl)c(N)c(Cl)c2)CCS1. The summed E-state index contributed by atoms with van der Waals surface area (Å²) in [4.78, 5) is 14.4. The Bertz CT molecular complexity index is 511. The molecule has 2 N–H and O–H groups in total. The van der Waals surface area contributed by atoms with E-state index in [4.69, 9.17) is 28.9 Å². The average molecular weight is 333 g/mol. The number of hydrogen-bond donors (Lipinski definition) is 1. The van der Waals surface area contributed by atoms with E-state index in [-0.39, 0.29) is 10.7 Å². The summed E-state index contributed by atoms with van der Waals surface area (Å²) in [6, 6.07) is 3.18. The van der Waals surface area contributed by atoms with Gasteiger partial charge in [-0.25, -0.2) is 0 Å². The Kier molecular flexibility index (Phi) is 4.77. The maximum absolute atomic E-state index is 12.5. The molecule has 0 aliphatic carbocycles. The lowest BCUT2D eigenvalue weighted by Crippen LogP contribution is -2.33. The van der Waals surface area contributed by atoms with Crippen molar-refractivity contribution in [1.82, 2.24) is 4.90 Å². The van der Waals surface area contributed by atoms with Crippen LogP contribution in [0.1, 0.15) is 30.6 Å². The highest BCUT2D eigenvalue weighted by atomic mass is 35.5. The van der Waals surface area contributed by atoms with Gasteiger partial charge in [0.15, 0.2) is 0 Å². The zero-order valence-corrected chi connectivity index (χ0v) is 13.9. The molecule has 1 aliphatic heterocycles. The van der Waals surface area contributed by atoms with Crippen LogP contribution in [-0.2, 0) is 0 Å². The molecule has 1 amide bonds. The number of amides is 1. The van der Waals surface area contributed by atoms with Crippen LogP contribution in [0.3, 0.4) is 0 Å². The number of carbonyl (C=O) groups excluding carboxylic acids is 1. The lowest BCUT2D eigenvalue weighted by Gasteiger charge is -2.23. The third kappa shape index (κ3) is 3.54. The smallest absolute Gasteiger partial charge is 0.253 e. The molecular weight excluding hydrogens is 315 g/mol. The molecule has 2 rings (SSSR count). The number of thioether (sulfide) groups is 1. The molecule has 0 spiro atoms. The first-order valence-corrected chi connectivity index (χ1v) is 8.22. The third-order valence-electron chi connectivity index (χ3n) is 3.45. The monoisotopic (exact) mass is 332 g/mol. The first-order valence-electron chi connectivity index (χ1n) is 6.48. The summed E-state index contributed by atoms with van der Waals surface area (Å²) in [5.74, 6) is 0.905. The molecule has 3 nitrogen and oxygen atoms in total. The number of halogens is 2. The largest absolute Gasteiger partial charge is 0.396 e. The summed E-state index contributed by atoms with van der Waals surface area (Å²) in [5, 5.41) is 0.649. The van der Waals surface area contributed by atoms with Crippen LogP contribution < -0.4 is 5.73 Å². The second-order valence-electron chi connectivity index (χ2n) is 5.50. The normalized spacial score (nSPS) is 18.7. The molecular formula is C14H18Cl2N2OS. The maximum atomic E-state index is 12.5. The Hall–Kier alpha value is -0.580. The average Bonchev–Trinajstić information content (AvgIpc) is 2.55. The molecule has 0 saturated carbocycles. The van der Waals surface area contributed by atoms with Crippen LogP contribution in [0.25, 0.3) is 0 Å². The van der Waals surface area contributed by atoms with E-state index >= 15 is 0 Å². The van der Waals surface area contributed by atoms with E-state index in [9.17, 15) is 4.79 Å². The molecule has 0 bridgehead atoms. The predicted molar refractivity (Wildman–Crippen MR) is 87.9 cm³/mol. The molecule has 110 valence electrons. The van der Waals surface area contributed by atoms with E-state index < -0.39 is 0 Å². The van der Waals surface area contributed by atoms with Crippen molar-refractivity contribution >= 4 is 46.6 Å². The molecule has 1 heterocycles. The van der Waals surface area contributed by atoms with Gasteiger partial charge in [0.05, 0.1) is 15.7 Å². The highest BCUT2D eigenvalue weighted by Gasteiger charge is 2.26. The Balaban J connectivity index is 2.19. The molecule has 0 unspecified atom stereocenters. The van der Waals surface area contributed by atoms with E-state index in [1.807, 2.05) is 16.7 Å². The number of anilines is 1. The van der Waals surface area contributed by atoms with Gasteiger partial charge in [-0.2, -0.15) is 11.8 Å². The van der Waals surface area contributed by atoms with Crippen molar-refractivity contribution < 1.29 is 4.79 Å². The Morgan fingerprint density at radius 3 is 2.50 bits per heavy atom. The van der Waals surface area contributed by atoms with E-state index in [1.54, 1.807) is 12.1 Å². The molecule has 1 aliphatic rings. The summed E-state index contributed by atoms with van der Waals surface area (Å²) in [6.45, 7) is 5.91. The van der Waals surface area contributed by atoms with Gasteiger partial charge >= 0.3 is 0 Å². The molecule has 0 aromatic heterocycles. The van der Waals surface area contributed by atoms with Gasteiger partial charge in [-0.1, -0.05) is 37.0 Å². The van der Waals surface area contributed by atoms with E-state index in [2.05, 4.69) is 13.8 Å². The standard InChI is InChI=1S/C14H18Cl2N2OS/c1-14(2)3-4-18(5-6-20-14)13(19)9-7-10(15)12(17)11(16)8-9/h7-8H,3-6,17H2,1-2H3. The van der Waals surface area contributed by atoms with Gasteiger partial charge in [0.25, 0.3) is 5.91 Å². The van der Waals surface area contributed by atoms with Crippen molar-refractivity contribution in [1.29, 1.82) is 0 Å². The maximum Gasteiger partial charge on any atom is 0.253 e. The minimum absolute atomic E-state index is 0.0351. The van der Waals surface area contributed by atoms with Crippen LogP contribution in [0.5, 0.6) is 0 Å². The van der Waals surface area contributed by atoms with Gasteiger partial charge in [0.1, 0.15) is 0 Å². The summed E-state index contributed by atoms with van der Waals surface area (Å²) in [5.41, 5.74) is 6.51. The number of benzene rings is 1. The third-order valence-corrected chi connectivity index (χ3v) is 5.45. The fourth-order valence-electron chi connectivity index (χ4n) is 2.11. The second-order valence-corrected chi connectivity index (χ2v) is 8.12. The Labute approximate surface area is 133 Å². The number of nitrogens with zero attached hydrogens (tertiary/aromatic N) is 1. The second kappa shape index (κ2) is 6.04. The molecule has 1 aromatic carbocycles. The number of hydrogen-bond acceptors (Lipinski definition) is 3. The van der Waals surface area contributed by atoms with E-state index in [1.165, 1.54) is 0 Å². The lowest BCUT2D eigenvalue weighted by atomic mass is 10.1. The van der Waals surface area contributed by atoms with E-state index in [0.717, 1.165) is 25.3 Å². The molecule has 1 aromatic rings. The fourth-order valence-corrected chi connectivity index (χ4v) is 3.70. The van der Waals surface area contributed by atoms with Crippen LogP contribution >= 0.6 is 35.0 Å². The molecule has 1 fully saturated rings. The Morgan fingerprint density at radius 1 is 1.30 bits per heavy atom. The fraction of sp³-hybridized carbons (Fsp3) is 0.500. The molecule has 0 atom stereocenters. The van der Waals surface area contributed by atoms with E-state index in [0.29, 0.717) is 21.3 Å². The zero-order chi connectivity index (χ0) is 14.9. The Morgan fingerprint density at radius 2 is 1.90 bits per heavy atom. The van der Waals surface area contributed by atoms with Crippen LogP contribution in [0.15, 0.2) is 12.1 Å².